The van der Waals surface area contributed by atoms with Gasteiger partial charge in [0.15, 0.2) is 15.0 Å². The number of aryl methyl sites for hydroxylation is 2. The second kappa shape index (κ2) is 7.78. The highest BCUT2D eigenvalue weighted by atomic mass is 35.5. The number of benzene rings is 2. The van der Waals surface area contributed by atoms with E-state index in [-0.39, 0.29) is 35.1 Å². The highest BCUT2D eigenvalue weighted by Gasteiger charge is 2.49. The van der Waals surface area contributed by atoms with E-state index in [9.17, 15) is 13.2 Å². The third-order valence-electron chi connectivity index (χ3n) is 5.36. The number of thioether (sulfide) groups is 1. The van der Waals surface area contributed by atoms with Gasteiger partial charge in [-0.1, -0.05) is 47.6 Å². The molecule has 0 aromatic heterocycles. The zero-order valence-corrected chi connectivity index (χ0v) is 18.5. The van der Waals surface area contributed by atoms with Gasteiger partial charge in [-0.05, 0) is 48.7 Å². The van der Waals surface area contributed by atoms with Crippen molar-refractivity contribution in [1.82, 2.24) is 0 Å². The molecule has 152 valence electrons. The van der Waals surface area contributed by atoms with Gasteiger partial charge in [0.2, 0.25) is 0 Å². The number of carbonyl (C=O) groups is 1. The lowest BCUT2D eigenvalue weighted by molar-refractivity contribution is -0.117. The van der Waals surface area contributed by atoms with E-state index in [1.807, 2.05) is 55.1 Å². The molecule has 2 heterocycles. The van der Waals surface area contributed by atoms with E-state index in [0.717, 1.165) is 22.4 Å². The van der Waals surface area contributed by atoms with Crippen LogP contribution in [0.2, 0.25) is 5.02 Å². The fourth-order valence-corrected chi connectivity index (χ4v) is 7.83. The lowest BCUT2D eigenvalue weighted by atomic mass is 10.1. The van der Waals surface area contributed by atoms with Crippen LogP contribution in [-0.4, -0.2) is 42.3 Å². The van der Waals surface area contributed by atoms with Gasteiger partial charge in [0.1, 0.15) is 0 Å². The number of amides is 1. The van der Waals surface area contributed by atoms with Crippen molar-refractivity contribution in [3.63, 3.8) is 0 Å². The minimum absolute atomic E-state index is 0.0787. The van der Waals surface area contributed by atoms with Crippen molar-refractivity contribution >= 4 is 50.0 Å². The minimum Gasteiger partial charge on any atom is -0.316 e. The molecule has 2 fully saturated rings. The maximum absolute atomic E-state index is 12.7. The quantitative estimate of drug-likeness (QED) is 0.714. The highest BCUT2D eigenvalue weighted by molar-refractivity contribution is 8.16. The summed E-state index contributed by atoms with van der Waals surface area (Å²) in [6, 6.07) is 13.0. The number of amidine groups is 1. The van der Waals surface area contributed by atoms with Crippen LogP contribution in [0.5, 0.6) is 0 Å². The molecule has 2 saturated heterocycles. The molecule has 2 atom stereocenters. The van der Waals surface area contributed by atoms with Crippen LogP contribution in [0, 0.1) is 13.8 Å². The number of fused-ring (bicyclic) bond motifs is 1. The Kier molecular flexibility index (Phi) is 5.48. The van der Waals surface area contributed by atoms with E-state index in [2.05, 4.69) is 4.99 Å². The SMILES string of the molecule is Cc1ccc(N2C(=NC(=O)Cc3ccccc3Cl)S[C@@H]3CS(=O)(=O)C[C@@H]32)cc1C. The Morgan fingerprint density at radius 2 is 1.93 bits per heavy atom. The van der Waals surface area contributed by atoms with Gasteiger partial charge in [0.05, 0.1) is 24.0 Å². The second-order valence-corrected chi connectivity index (χ2v) is 11.3. The fraction of sp³-hybridized carbons (Fsp3) is 0.333. The molecule has 0 aliphatic carbocycles. The molecule has 2 aromatic rings. The third kappa shape index (κ3) is 4.22. The van der Waals surface area contributed by atoms with Crippen molar-refractivity contribution in [3.05, 3.63) is 64.2 Å². The molecule has 0 N–H and O–H groups in total. The second-order valence-electron chi connectivity index (χ2n) is 7.50. The topological polar surface area (TPSA) is 66.8 Å². The number of hydrogen-bond donors (Lipinski definition) is 0. The van der Waals surface area contributed by atoms with Crippen LogP contribution in [0.3, 0.4) is 0 Å². The van der Waals surface area contributed by atoms with Crippen molar-refractivity contribution in [1.29, 1.82) is 0 Å². The third-order valence-corrected chi connectivity index (χ3v) is 8.93. The molecule has 29 heavy (non-hydrogen) atoms. The van der Waals surface area contributed by atoms with Gasteiger partial charge < -0.3 is 4.90 Å². The van der Waals surface area contributed by atoms with Gasteiger partial charge in [0, 0.05) is 16.0 Å². The molecule has 0 bridgehead atoms. The summed E-state index contributed by atoms with van der Waals surface area (Å²) in [6.45, 7) is 4.05. The molecule has 5 nitrogen and oxygen atoms in total. The molecule has 0 spiro atoms. The van der Waals surface area contributed by atoms with Crippen molar-refractivity contribution in [2.45, 2.75) is 31.6 Å². The van der Waals surface area contributed by atoms with E-state index in [4.69, 9.17) is 11.6 Å². The number of anilines is 1. The van der Waals surface area contributed by atoms with Crippen LogP contribution in [0.4, 0.5) is 5.69 Å². The maximum Gasteiger partial charge on any atom is 0.252 e. The molecule has 4 rings (SSSR count). The first-order valence-corrected chi connectivity index (χ1v) is 12.4. The van der Waals surface area contributed by atoms with E-state index >= 15 is 0 Å². The average Bonchev–Trinajstić information content (AvgIpc) is 3.10. The van der Waals surface area contributed by atoms with Gasteiger partial charge in [-0.3, -0.25) is 4.79 Å². The van der Waals surface area contributed by atoms with Gasteiger partial charge in [0.25, 0.3) is 5.91 Å². The van der Waals surface area contributed by atoms with Crippen molar-refractivity contribution in [2.24, 2.45) is 4.99 Å². The molecule has 0 saturated carbocycles. The number of aliphatic imine (C=N–C) groups is 1. The lowest BCUT2D eigenvalue weighted by Crippen LogP contribution is -2.37. The van der Waals surface area contributed by atoms with E-state index in [0.29, 0.717) is 10.2 Å². The van der Waals surface area contributed by atoms with E-state index in [1.54, 1.807) is 6.07 Å². The Bertz CT molecular complexity index is 1110. The molecule has 0 radical (unpaired) electrons. The normalized spacial score (nSPS) is 24.1. The van der Waals surface area contributed by atoms with Crippen LogP contribution in [0.15, 0.2) is 47.5 Å². The summed E-state index contributed by atoms with van der Waals surface area (Å²) < 4.78 is 24.4. The van der Waals surface area contributed by atoms with E-state index in [1.165, 1.54) is 11.8 Å². The van der Waals surface area contributed by atoms with E-state index < -0.39 is 9.84 Å². The van der Waals surface area contributed by atoms with Crippen LogP contribution < -0.4 is 4.90 Å². The molecule has 2 aliphatic heterocycles. The predicted octanol–water partition coefficient (Wildman–Crippen LogP) is 3.80. The number of sulfone groups is 1. The molecular formula is C21H21ClN2O3S2. The molecule has 0 unspecified atom stereocenters. The zero-order chi connectivity index (χ0) is 20.8. The summed E-state index contributed by atoms with van der Waals surface area (Å²) in [5, 5.41) is 0.984. The highest BCUT2D eigenvalue weighted by Crippen LogP contribution is 2.41. The molecule has 1 amide bonds. The van der Waals surface area contributed by atoms with Crippen LogP contribution >= 0.6 is 23.4 Å². The molecular weight excluding hydrogens is 428 g/mol. The first kappa shape index (κ1) is 20.4. The first-order valence-electron chi connectivity index (χ1n) is 9.32. The fourth-order valence-electron chi connectivity index (χ4n) is 3.69. The molecule has 8 heteroatoms. The summed E-state index contributed by atoms with van der Waals surface area (Å²) in [5.74, 6) is -0.103. The van der Waals surface area contributed by atoms with Gasteiger partial charge in [-0.15, -0.1) is 0 Å². The number of nitrogens with zero attached hydrogens (tertiary/aromatic N) is 2. The number of halogens is 1. The minimum atomic E-state index is -3.09. The Labute approximate surface area is 180 Å². The van der Waals surface area contributed by atoms with Crippen molar-refractivity contribution in [3.8, 4) is 0 Å². The Hall–Kier alpha value is -1.83. The summed E-state index contributed by atoms with van der Waals surface area (Å²) >= 11 is 7.55. The first-order chi connectivity index (χ1) is 13.7. The summed E-state index contributed by atoms with van der Waals surface area (Å²) in [6.07, 6.45) is 0.109. The lowest BCUT2D eigenvalue weighted by Gasteiger charge is -2.25. The van der Waals surface area contributed by atoms with Gasteiger partial charge >= 0.3 is 0 Å². The summed E-state index contributed by atoms with van der Waals surface area (Å²) in [4.78, 5) is 19.0. The Morgan fingerprint density at radius 1 is 1.17 bits per heavy atom. The summed E-state index contributed by atoms with van der Waals surface area (Å²) in [7, 11) is -3.09. The van der Waals surface area contributed by atoms with Crippen LogP contribution in [0.25, 0.3) is 0 Å². The largest absolute Gasteiger partial charge is 0.316 e. The molecule has 2 aliphatic rings. The Morgan fingerprint density at radius 3 is 2.66 bits per heavy atom. The molecule has 2 aromatic carbocycles. The van der Waals surface area contributed by atoms with Crippen molar-refractivity contribution in [2.75, 3.05) is 16.4 Å². The number of hydrogen-bond acceptors (Lipinski definition) is 4. The average molecular weight is 449 g/mol. The monoisotopic (exact) mass is 448 g/mol. The van der Waals surface area contributed by atoms with Gasteiger partial charge in [-0.25, -0.2) is 8.42 Å². The maximum atomic E-state index is 12.7. The van der Waals surface area contributed by atoms with Crippen LogP contribution in [-0.2, 0) is 21.1 Å². The predicted molar refractivity (Wildman–Crippen MR) is 120 cm³/mol. The van der Waals surface area contributed by atoms with Crippen molar-refractivity contribution < 1.29 is 13.2 Å². The van der Waals surface area contributed by atoms with Crippen LogP contribution in [0.1, 0.15) is 16.7 Å². The summed E-state index contributed by atoms with van der Waals surface area (Å²) in [5.41, 5.74) is 3.87. The van der Waals surface area contributed by atoms with Gasteiger partial charge in [-0.2, -0.15) is 4.99 Å². The zero-order valence-electron chi connectivity index (χ0n) is 16.1. The number of carbonyl (C=O) groups excluding carboxylic acids is 1. The Balaban J connectivity index is 1.67. The smallest absolute Gasteiger partial charge is 0.252 e. The standard InChI is InChI=1S/C21H21ClN2O3S2/c1-13-7-8-16(9-14(13)2)24-18-11-29(26,27)12-19(18)28-21(24)23-20(25)10-15-5-3-4-6-17(15)22/h3-9,18-19H,10-12H2,1-2H3/t18-,19+/m0/s1. The number of rotatable bonds is 3.